The monoisotopic (exact) mass is 332 g/mol. The maximum Gasteiger partial charge on any atom is 0.294 e. The number of carbonyl (C=O) groups is 2. The Bertz CT molecular complexity index is 706. The van der Waals surface area contributed by atoms with E-state index in [1.807, 2.05) is 0 Å². The van der Waals surface area contributed by atoms with Crippen LogP contribution in [0.15, 0.2) is 11.0 Å². The van der Waals surface area contributed by atoms with Crippen molar-refractivity contribution in [2.75, 3.05) is 13.2 Å². The van der Waals surface area contributed by atoms with Crippen LogP contribution in [0.1, 0.15) is 31.8 Å². The number of aliphatic hydroxyl groups is 2. The van der Waals surface area contributed by atoms with Crippen molar-refractivity contribution >= 4 is 22.1 Å². The smallest absolute Gasteiger partial charge is 0.294 e. The molecule has 0 spiro atoms. The maximum atomic E-state index is 11.3. The normalized spacial score (nSPS) is 11.4. The topological polar surface area (TPSA) is 175 Å². The van der Waals surface area contributed by atoms with Crippen LogP contribution in [0.5, 0.6) is 0 Å². The average Bonchev–Trinajstić information content (AvgIpc) is 2.37. The zero-order valence-corrected chi connectivity index (χ0v) is 11.9. The van der Waals surface area contributed by atoms with Gasteiger partial charge < -0.3 is 30.0 Å². The van der Waals surface area contributed by atoms with Gasteiger partial charge in [0.2, 0.25) is 0 Å². The maximum absolute atomic E-state index is 11.3. The summed E-state index contributed by atoms with van der Waals surface area (Å²) in [6.07, 6.45) is -0.902. The van der Waals surface area contributed by atoms with Gasteiger partial charge in [0.05, 0.1) is 16.8 Å². The van der Waals surface area contributed by atoms with Crippen molar-refractivity contribution in [1.29, 1.82) is 0 Å². The molecule has 10 heteroatoms. The van der Waals surface area contributed by atoms with E-state index in [4.69, 9.17) is 14.8 Å². The van der Waals surface area contributed by atoms with E-state index in [2.05, 4.69) is 0 Å². The molecule has 0 saturated carbocycles. The van der Waals surface area contributed by atoms with Crippen LogP contribution in [0.25, 0.3) is 0 Å². The van der Waals surface area contributed by atoms with Gasteiger partial charge in [0, 0.05) is 24.3 Å². The minimum absolute atomic E-state index is 0.404. The highest BCUT2D eigenvalue weighted by atomic mass is 32.2. The molecule has 0 amide bonds. The first kappa shape index (κ1) is 18.0. The zero-order valence-electron chi connectivity index (χ0n) is 11.1. The second kappa shape index (κ2) is 6.83. The van der Waals surface area contributed by atoms with E-state index >= 15 is 0 Å². The van der Waals surface area contributed by atoms with Gasteiger partial charge in [0.1, 0.15) is 0 Å². The van der Waals surface area contributed by atoms with Crippen LogP contribution in [-0.4, -0.2) is 48.3 Å². The molecular formula is C12H12O9S-2. The van der Waals surface area contributed by atoms with Crippen LogP contribution in [0.3, 0.4) is 0 Å². The van der Waals surface area contributed by atoms with E-state index in [1.165, 1.54) is 0 Å². The minimum atomic E-state index is -4.96. The summed E-state index contributed by atoms with van der Waals surface area (Å²) in [7, 11) is -4.96. The molecule has 0 bridgehead atoms. The van der Waals surface area contributed by atoms with Crippen molar-refractivity contribution < 1.29 is 43.0 Å². The van der Waals surface area contributed by atoms with Gasteiger partial charge in [0.25, 0.3) is 10.1 Å². The predicted molar refractivity (Wildman–Crippen MR) is 66.5 cm³/mol. The first-order valence-corrected chi connectivity index (χ1v) is 7.39. The molecule has 1 aromatic carbocycles. The number of benzene rings is 1. The molecule has 0 unspecified atom stereocenters. The van der Waals surface area contributed by atoms with Crippen LogP contribution in [0, 0.1) is 0 Å². The standard InChI is InChI=1S/C12H14O9S/c13-3-1-6-8(11(15)16)5-9(22(19,20)21)7(2-4-14)10(6)12(17)18/h5,13-14H,1-4H2,(H,15,16)(H,17,18)(H,19,20,21)/p-2. The summed E-state index contributed by atoms with van der Waals surface area (Å²) in [6.45, 7) is -1.28. The molecule has 0 saturated heterocycles. The molecule has 122 valence electrons. The molecule has 0 fully saturated rings. The lowest BCUT2D eigenvalue weighted by atomic mass is 9.92. The van der Waals surface area contributed by atoms with Gasteiger partial charge >= 0.3 is 0 Å². The molecular weight excluding hydrogens is 320 g/mol. The highest BCUT2D eigenvalue weighted by Crippen LogP contribution is 2.27. The number of hydrogen-bond donors (Lipinski definition) is 3. The van der Waals surface area contributed by atoms with Crippen molar-refractivity contribution in [3.8, 4) is 0 Å². The molecule has 0 aliphatic carbocycles. The van der Waals surface area contributed by atoms with Gasteiger partial charge in [-0.25, -0.2) is 0 Å². The Morgan fingerprint density at radius 1 is 1.00 bits per heavy atom. The van der Waals surface area contributed by atoms with Crippen molar-refractivity contribution in [3.05, 3.63) is 28.3 Å². The SMILES string of the molecule is O=C([O-])c1cc(S(=O)(=O)O)c(CCO)c(C(=O)[O-])c1CCO. The Balaban J connectivity index is 3.97. The van der Waals surface area contributed by atoms with Crippen LogP contribution >= 0.6 is 0 Å². The lowest BCUT2D eigenvalue weighted by molar-refractivity contribution is -0.255. The Morgan fingerprint density at radius 3 is 1.86 bits per heavy atom. The highest BCUT2D eigenvalue weighted by Gasteiger charge is 2.24. The Kier molecular flexibility index (Phi) is 5.60. The lowest BCUT2D eigenvalue weighted by Gasteiger charge is -2.21. The van der Waals surface area contributed by atoms with E-state index in [1.54, 1.807) is 0 Å². The fraction of sp³-hybridized carbons (Fsp3) is 0.333. The molecule has 0 radical (unpaired) electrons. The van der Waals surface area contributed by atoms with Crippen LogP contribution in [-0.2, 0) is 23.0 Å². The third kappa shape index (κ3) is 3.60. The van der Waals surface area contributed by atoms with Crippen molar-refractivity contribution in [2.45, 2.75) is 17.7 Å². The van der Waals surface area contributed by atoms with E-state index in [0.717, 1.165) is 0 Å². The van der Waals surface area contributed by atoms with Gasteiger partial charge in [-0.3, -0.25) is 4.55 Å². The molecule has 3 N–H and O–H groups in total. The van der Waals surface area contributed by atoms with Gasteiger partial charge in [0.15, 0.2) is 0 Å². The average molecular weight is 332 g/mol. The minimum Gasteiger partial charge on any atom is -0.545 e. The van der Waals surface area contributed by atoms with Gasteiger partial charge in [-0.1, -0.05) is 0 Å². The summed E-state index contributed by atoms with van der Waals surface area (Å²) < 4.78 is 31.8. The second-order valence-corrected chi connectivity index (χ2v) is 5.64. The van der Waals surface area contributed by atoms with E-state index in [9.17, 15) is 28.2 Å². The summed E-state index contributed by atoms with van der Waals surface area (Å²) >= 11 is 0. The van der Waals surface area contributed by atoms with E-state index in [-0.39, 0.29) is 0 Å². The fourth-order valence-electron chi connectivity index (χ4n) is 2.14. The number of hydrogen-bond acceptors (Lipinski definition) is 8. The summed E-state index contributed by atoms with van der Waals surface area (Å²) in [5.41, 5.74) is -2.52. The molecule has 9 nitrogen and oxygen atoms in total. The molecule has 0 aliphatic heterocycles. The van der Waals surface area contributed by atoms with Crippen molar-refractivity contribution in [1.82, 2.24) is 0 Å². The Morgan fingerprint density at radius 2 is 1.50 bits per heavy atom. The zero-order chi connectivity index (χ0) is 17.1. The molecule has 1 aromatic rings. The number of carboxylic acids is 2. The van der Waals surface area contributed by atoms with Gasteiger partial charge in [-0.05, 0) is 30.0 Å². The third-order valence-electron chi connectivity index (χ3n) is 2.93. The number of carboxylic acid groups (broad SMARTS) is 2. The molecule has 0 aromatic heterocycles. The number of rotatable bonds is 7. The largest absolute Gasteiger partial charge is 0.545 e. The predicted octanol–water partition coefficient (Wildman–Crippen LogP) is -3.27. The first-order valence-electron chi connectivity index (χ1n) is 5.95. The first-order chi connectivity index (χ1) is 10.1. The lowest BCUT2D eigenvalue weighted by Crippen LogP contribution is -2.31. The van der Waals surface area contributed by atoms with E-state index < -0.39 is 75.3 Å². The Labute approximate surface area is 125 Å². The van der Waals surface area contributed by atoms with Gasteiger partial charge in [-0.2, -0.15) is 8.42 Å². The summed E-state index contributed by atoms with van der Waals surface area (Å²) in [5, 5.41) is 40.3. The van der Waals surface area contributed by atoms with Gasteiger partial charge in [-0.15, -0.1) is 0 Å². The van der Waals surface area contributed by atoms with Crippen LogP contribution < -0.4 is 10.2 Å². The summed E-state index contributed by atoms with van der Waals surface area (Å²) in [4.78, 5) is 21.4. The molecule has 0 heterocycles. The molecule has 0 aliphatic rings. The van der Waals surface area contributed by atoms with Crippen molar-refractivity contribution in [2.24, 2.45) is 0 Å². The summed E-state index contributed by atoms with van der Waals surface area (Å²) in [5.74, 6) is -3.79. The van der Waals surface area contributed by atoms with E-state index in [0.29, 0.717) is 6.07 Å². The quantitative estimate of drug-likeness (QED) is 0.432. The second-order valence-electron chi connectivity index (χ2n) is 4.25. The molecule has 0 atom stereocenters. The molecule has 1 rings (SSSR count). The number of aliphatic hydroxyl groups excluding tert-OH is 2. The van der Waals surface area contributed by atoms with Crippen LogP contribution in [0.2, 0.25) is 0 Å². The number of carbonyl (C=O) groups excluding carboxylic acids is 2. The third-order valence-corrected chi connectivity index (χ3v) is 3.85. The molecule has 22 heavy (non-hydrogen) atoms. The number of aromatic carboxylic acids is 2. The van der Waals surface area contributed by atoms with Crippen LogP contribution in [0.4, 0.5) is 0 Å². The summed E-state index contributed by atoms with van der Waals surface area (Å²) in [6, 6.07) is 0.535. The highest BCUT2D eigenvalue weighted by molar-refractivity contribution is 7.85. The van der Waals surface area contributed by atoms with Crippen molar-refractivity contribution in [3.63, 3.8) is 0 Å². The fourth-order valence-corrected chi connectivity index (χ4v) is 2.92. The Hall–Kier alpha value is -2.01.